The maximum atomic E-state index is 12.7. The molecule has 0 unspecified atom stereocenters. The van der Waals surface area contributed by atoms with E-state index in [4.69, 9.17) is 0 Å². The van der Waals surface area contributed by atoms with Crippen molar-refractivity contribution in [3.8, 4) is 0 Å². The lowest BCUT2D eigenvalue weighted by atomic mass is 10.3. The fourth-order valence-corrected chi connectivity index (χ4v) is 4.26. The van der Waals surface area contributed by atoms with Gasteiger partial charge in [-0.05, 0) is 37.4 Å². The van der Waals surface area contributed by atoms with Crippen LogP contribution in [-0.2, 0) is 27.5 Å². The Morgan fingerprint density at radius 1 is 1.10 bits per heavy atom. The molecule has 0 atom stereocenters. The van der Waals surface area contributed by atoms with E-state index in [0.717, 1.165) is 16.9 Å². The van der Waals surface area contributed by atoms with E-state index in [1.165, 1.54) is 28.6 Å². The van der Waals surface area contributed by atoms with E-state index in [9.17, 15) is 26.4 Å². The molecule has 29 heavy (non-hydrogen) atoms. The number of hydrogen-bond donors (Lipinski definition) is 1. The number of alkyl halides is 3. The third-order valence-corrected chi connectivity index (χ3v) is 6.39. The van der Waals surface area contributed by atoms with Crippen molar-refractivity contribution in [1.82, 2.24) is 19.0 Å². The van der Waals surface area contributed by atoms with Gasteiger partial charge in [-0.15, -0.1) is 0 Å². The van der Waals surface area contributed by atoms with Crippen LogP contribution in [0.25, 0.3) is 0 Å². The quantitative estimate of drug-likeness (QED) is 0.775. The molecule has 0 saturated carbocycles. The highest BCUT2D eigenvalue weighted by Crippen LogP contribution is 2.27. The highest BCUT2D eigenvalue weighted by Gasteiger charge is 2.33. The van der Waals surface area contributed by atoms with Gasteiger partial charge in [-0.25, -0.2) is 8.42 Å². The molecule has 1 fully saturated rings. The second kappa shape index (κ2) is 8.13. The molecule has 8 nitrogen and oxygen atoms in total. The Bertz CT molecular complexity index is 965. The van der Waals surface area contributed by atoms with E-state index < -0.39 is 34.3 Å². The van der Waals surface area contributed by atoms with Gasteiger partial charge >= 0.3 is 6.18 Å². The van der Waals surface area contributed by atoms with E-state index in [0.29, 0.717) is 31.9 Å². The number of benzene rings is 1. The summed E-state index contributed by atoms with van der Waals surface area (Å²) in [6.07, 6.45) is -3.51. The van der Waals surface area contributed by atoms with Gasteiger partial charge in [-0.2, -0.15) is 22.6 Å². The van der Waals surface area contributed by atoms with Crippen LogP contribution in [-0.4, -0.2) is 66.5 Å². The molecule has 1 aromatic heterocycles. The summed E-state index contributed by atoms with van der Waals surface area (Å²) in [7, 11) is -1.69. The van der Waals surface area contributed by atoms with Gasteiger partial charge in [-0.3, -0.25) is 9.48 Å². The monoisotopic (exact) mass is 431 g/mol. The lowest BCUT2D eigenvalue weighted by Crippen LogP contribution is -2.46. The number of carbonyl (C=O) groups is 1. The van der Waals surface area contributed by atoms with Crippen molar-refractivity contribution in [2.75, 3.05) is 38.5 Å². The molecular weight excluding hydrogens is 411 g/mol. The molecule has 2 heterocycles. The predicted molar refractivity (Wildman–Crippen MR) is 98.6 cm³/mol. The normalized spacial score (nSPS) is 16.7. The van der Waals surface area contributed by atoms with Crippen LogP contribution in [0.5, 0.6) is 0 Å². The molecule has 1 N–H and O–H groups in total. The predicted octanol–water partition coefficient (Wildman–Crippen LogP) is 1.48. The molecule has 1 saturated heterocycles. The lowest BCUT2D eigenvalue weighted by molar-refractivity contribution is -0.141. The number of sulfonamides is 1. The SMILES string of the molecule is CN1CCN(S(=O)(=O)c2ccc(NC(=O)Cn3ccc(C(F)(F)F)n3)cc2)CC1. The van der Waals surface area contributed by atoms with Crippen LogP contribution in [0.2, 0.25) is 0 Å². The molecular formula is C17H20F3N5O3S. The highest BCUT2D eigenvalue weighted by molar-refractivity contribution is 7.89. The number of nitrogens with one attached hydrogen (secondary N) is 1. The molecule has 1 aliphatic rings. The van der Waals surface area contributed by atoms with Gasteiger partial charge in [0.15, 0.2) is 5.69 Å². The molecule has 0 radical (unpaired) electrons. The minimum Gasteiger partial charge on any atom is -0.324 e. The number of piperazine rings is 1. The summed E-state index contributed by atoms with van der Waals surface area (Å²) in [6.45, 7) is 1.70. The summed E-state index contributed by atoms with van der Waals surface area (Å²) in [5.74, 6) is -0.587. The molecule has 2 aromatic rings. The Kier molecular flexibility index (Phi) is 5.96. The molecule has 1 amide bonds. The average molecular weight is 431 g/mol. The molecule has 12 heteroatoms. The summed E-state index contributed by atoms with van der Waals surface area (Å²) in [5.41, 5.74) is -0.751. The first-order chi connectivity index (χ1) is 13.6. The summed E-state index contributed by atoms with van der Waals surface area (Å²) < 4.78 is 65.3. The number of rotatable bonds is 5. The largest absolute Gasteiger partial charge is 0.435 e. The Hall–Kier alpha value is -2.44. The van der Waals surface area contributed by atoms with Gasteiger partial charge in [-0.1, -0.05) is 0 Å². The second-order valence-corrected chi connectivity index (χ2v) is 8.61. The smallest absolute Gasteiger partial charge is 0.324 e. The van der Waals surface area contributed by atoms with Crippen LogP contribution in [0, 0.1) is 0 Å². The van der Waals surface area contributed by atoms with Crippen molar-refractivity contribution in [2.24, 2.45) is 0 Å². The Balaban J connectivity index is 1.61. The first-order valence-corrected chi connectivity index (χ1v) is 10.2. The lowest BCUT2D eigenvalue weighted by Gasteiger charge is -2.31. The van der Waals surface area contributed by atoms with E-state index in [1.54, 1.807) is 0 Å². The van der Waals surface area contributed by atoms with Crippen LogP contribution >= 0.6 is 0 Å². The minimum absolute atomic E-state index is 0.113. The molecule has 3 rings (SSSR count). The molecule has 158 valence electrons. The van der Waals surface area contributed by atoms with Crippen molar-refractivity contribution in [3.05, 3.63) is 42.2 Å². The van der Waals surface area contributed by atoms with Gasteiger partial charge in [0.2, 0.25) is 15.9 Å². The number of nitrogens with zero attached hydrogens (tertiary/aromatic N) is 4. The van der Waals surface area contributed by atoms with E-state index >= 15 is 0 Å². The molecule has 0 bridgehead atoms. The zero-order chi connectivity index (χ0) is 21.2. The third kappa shape index (κ3) is 5.14. The van der Waals surface area contributed by atoms with Crippen LogP contribution in [0.4, 0.5) is 18.9 Å². The maximum Gasteiger partial charge on any atom is 0.435 e. The van der Waals surface area contributed by atoms with Gasteiger partial charge in [0.25, 0.3) is 0 Å². The van der Waals surface area contributed by atoms with Crippen LogP contribution in [0.1, 0.15) is 5.69 Å². The van der Waals surface area contributed by atoms with Crippen LogP contribution in [0.3, 0.4) is 0 Å². The fourth-order valence-electron chi connectivity index (χ4n) is 2.84. The molecule has 0 spiro atoms. The third-order valence-electron chi connectivity index (χ3n) is 4.47. The van der Waals surface area contributed by atoms with E-state index in [2.05, 4.69) is 10.4 Å². The standard InChI is InChI=1S/C17H20F3N5O3S/c1-23-8-10-25(11-9-23)29(27,28)14-4-2-13(3-5-14)21-16(26)12-24-7-6-15(22-24)17(18,19)20/h2-7H,8-12H2,1H3,(H,21,26). The van der Waals surface area contributed by atoms with Crippen LogP contribution < -0.4 is 5.32 Å². The van der Waals surface area contributed by atoms with Crippen molar-refractivity contribution in [3.63, 3.8) is 0 Å². The average Bonchev–Trinajstić information content (AvgIpc) is 3.11. The van der Waals surface area contributed by atoms with Gasteiger partial charge in [0.1, 0.15) is 6.54 Å². The number of hydrogen-bond acceptors (Lipinski definition) is 5. The second-order valence-electron chi connectivity index (χ2n) is 6.68. The number of amides is 1. The zero-order valence-electron chi connectivity index (χ0n) is 15.6. The van der Waals surface area contributed by atoms with Crippen LogP contribution in [0.15, 0.2) is 41.4 Å². The highest BCUT2D eigenvalue weighted by atomic mass is 32.2. The minimum atomic E-state index is -4.58. The Labute approximate surface area is 165 Å². The summed E-state index contributed by atoms with van der Waals surface area (Å²) in [5, 5.41) is 5.82. The Morgan fingerprint density at radius 2 is 1.72 bits per heavy atom. The first-order valence-electron chi connectivity index (χ1n) is 8.75. The van der Waals surface area contributed by atoms with E-state index in [-0.39, 0.29) is 4.90 Å². The van der Waals surface area contributed by atoms with Gasteiger partial charge < -0.3 is 10.2 Å². The van der Waals surface area contributed by atoms with Crippen molar-refractivity contribution in [2.45, 2.75) is 17.6 Å². The topological polar surface area (TPSA) is 87.5 Å². The summed E-state index contributed by atoms with van der Waals surface area (Å²) in [6, 6.07) is 6.43. The molecule has 1 aliphatic heterocycles. The number of anilines is 1. The maximum absolute atomic E-state index is 12.7. The number of carbonyl (C=O) groups excluding carboxylic acids is 1. The molecule has 0 aliphatic carbocycles. The number of halogens is 3. The van der Waals surface area contributed by atoms with Crippen molar-refractivity contribution < 1.29 is 26.4 Å². The fraction of sp³-hybridized carbons (Fsp3) is 0.412. The Morgan fingerprint density at radius 3 is 2.28 bits per heavy atom. The first kappa shape index (κ1) is 21.3. The number of likely N-dealkylation sites (N-methyl/N-ethyl adjacent to an activating group) is 1. The summed E-state index contributed by atoms with van der Waals surface area (Å²) >= 11 is 0. The van der Waals surface area contributed by atoms with Gasteiger partial charge in [0.05, 0.1) is 4.90 Å². The molecule has 1 aromatic carbocycles. The summed E-state index contributed by atoms with van der Waals surface area (Å²) in [4.78, 5) is 14.2. The van der Waals surface area contributed by atoms with Crippen molar-refractivity contribution in [1.29, 1.82) is 0 Å². The van der Waals surface area contributed by atoms with Crippen molar-refractivity contribution >= 4 is 21.6 Å². The zero-order valence-corrected chi connectivity index (χ0v) is 16.4. The number of aromatic nitrogens is 2. The van der Waals surface area contributed by atoms with E-state index in [1.807, 2.05) is 11.9 Å². The van der Waals surface area contributed by atoms with Gasteiger partial charge in [0, 0.05) is 38.1 Å².